The lowest BCUT2D eigenvalue weighted by Crippen LogP contribution is -2.21. The van der Waals surface area contributed by atoms with E-state index in [1.807, 2.05) is 42.5 Å². The molecule has 0 aromatic heterocycles. The van der Waals surface area contributed by atoms with Crippen molar-refractivity contribution >= 4 is 27.5 Å². The largest absolute Gasteiger partial charge is 0.289 e. The fraction of sp³-hybridized carbons (Fsp3) is 0. The van der Waals surface area contributed by atoms with Gasteiger partial charge in [0.25, 0.3) is 0 Å². The molecule has 3 heteroatoms. The van der Waals surface area contributed by atoms with Gasteiger partial charge in [0.15, 0.2) is 11.6 Å². The molecule has 0 N–H and O–H groups in total. The summed E-state index contributed by atoms with van der Waals surface area (Å²) in [5, 5.41) is 0. The zero-order valence-corrected chi connectivity index (χ0v) is 13.6. The van der Waals surface area contributed by atoms with E-state index in [2.05, 4.69) is 15.9 Å². The van der Waals surface area contributed by atoms with Crippen molar-refractivity contribution in [1.29, 1.82) is 0 Å². The maximum Gasteiger partial charge on any atom is 0.195 e. The molecule has 0 aliphatic heterocycles. The summed E-state index contributed by atoms with van der Waals surface area (Å²) >= 11 is 3.48. The van der Waals surface area contributed by atoms with Crippen LogP contribution in [0.4, 0.5) is 0 Å². The van der Waals surface area contributed by atoms with Gasteiger partial charge in [-0.2, -0.15) is 0 Å². The molecule has 4 rings (SSSR count). The average molecular weight is 363 g/mol. The summed E-state index contributed by atoms with van der Waals surface area (Å²) in [6.45, 7) is 0. The molecular formula is C20H11BrO2. The highest BCUT2D eigenvalue weighted by molar-refractivity contribution is 9.10. The van der Waals surface area contributed by atoms with Crippen LogP contribution in [-0.4, -0.2) is 11.6 Å². The molecule has 1 aliphatic carbocycles. The molecular weight excluding hydrogens is 352 g/mol. The smallest absolute Gasteiger partial charge is 0.195 e. The van der Waals surface area contributed by atoms with Crippen LogP contribution in [0, 0.1) is 0 Å². The minimum Gasteiger partial charge on any atom is -0.289 e. The molecule has 0 saturated carbocycles. The van der Waals surface area contributed by atoms with Crippen LogP contribution in [0.2, 0.25) is 0 Å². The van der Waals surface area contributed by atoms with Crippen molar-refractivity contribution in [2.24, 2.45) is 0 Å². The van der Waals surface area contributed by atoms with Gasteiger partial charge >= 0.3 is 0 Å². The van der Waals surface area contributed by atoms with Crippen LogP contribution in [0.15, 0.2) is 71.2 Å². The first-order chi connectivity index (χ1) is 11.2. The Morgan fingerprint density at radius 2 is 1.22 bits per heavy atom. The summed E-state index contributed by atoms with van der Waals surface area (Å²) in [4.78, 5) is 25.6. The maximum atomic E-state index is 12.8. The van der Waals surface area contributed by atoms with E-state index in [0.29, 0.717) is 26.7 Å². The second kappa shape index (κ2) is 5.28. The third-order valence-corrected chi connectivity index (χ3v) is 4.71. The Morgan fingerprint density at radius 1 is 0.609 bits per heavy atom. The van der Waals surface area contributed by atoms with E-state index in [0.717, 1.165) is 11.1 Å². The van der Waals surface area contributed by atoms with Crippen LogP contribution in [0.5, 0.6) is 0 Å². The number of hydrogen-bond donors (Lipinski definition) is 0. The first-order valence-corrected chi connectivity index (χ1v) is 8.03. The number of halogens is 1. The lowest BCUT2D eigenvalue weighted by molar-refractivity contribution is 0.0978. The van der Waals surface area contributed by atoms with E-state index >= 15 is 0 Å². The number of carbonyl (C=O) groups excluding carboxylic acids is 2. The standard InChI is InChI=1S/C20H11BrO2/c21-17-11-13(12-6-2-1-3-7-12)10-16-18(17)20(23)15-9-5-4-8-14(15)19(16)22/h1-11H. The van der Waals surface area contributed by atoms with Crippen molar-refractivity contribution in [2.45, 2.75) is 0 Å². The Balaban J connectivity index is 1.97. The second-order valence-corrected chi connectivity index (χ2v) is 6.30. The van der Waals surface area contributed by atoms with Crippen molar-refractivity contribution in [2.75, 3.05) is 0 Å². The summed E-state index contributed by atoms with van der Waals surface area (Å²) in [5.74, 6) is -0.213. The molecule has 2 nitrogen and oxygen atoms in total. The monoisotopic (exact) mass is 362 g/mol. The number of ketones is 2. The number of rotatable bonds is 1. The highest BCUT2D eigenvalue weighted by atomic mass is 79.9. The van der Waals surface area contributed by atoms with Crippen LogP contribution < -0.4 is 0 Å². The summed E-state index contributed by atoms with van der Waals surface area (Å²) < 4.78 is 0.654. The fourth-order valence-electron chi connectivity index (χ4n) is 2.97. The van der Waals surface area contributed by atoms with Crippen molar-refractivity contribution in [3.63, 3.8) is 0 Å². The molecule has 23 heavy (non-hydrogen) atoms. The first kappa shape index (κ1) is 14.1. The Bertz CT molecular complexity index is 959. The van der Waals surface area contributed by atoms with Gasteiger partial charge in [0.1, 0.15) is 0 Å². The second-order valence-electron chi connectivity index (χ2n) is 5.45. The first-order valence-electron chi connectivity index (χ1n) is 7.24. The highest BCUT2D eigenvalue weighted by Crippen LogP contribution is 2.35. The predicted octanol–water partition coefficient (Wildman–Crippen LogP) is 4.89. The van der Waals surface area contributed by atoms with Crippen LogP contribution in [-0.2, 0) is 0 Å². The summed E-state index contributed by atoms with van der Waals surface area (Å²) in [6, 6.07) is 20.5. The molecule has 0 atom stereocenters. The molecule has 0 bridgehead atoms. The molecule has 0 amide bonds. The van der Waals surface area contributed by atoms with Crippen molar-refractivity contribution in [3.8, 4) is 11.1 Å². The SMILES string of the molecule is O=C1c2ccccc2C(=O)c2c(Br)cc(-c3ccccc3)cc21. The zero-order chi connectivity index (χ0) is 16.0. The van der Waals surface area contributed by atoms with Crippen molar-refractivity contribution in [1.82, 2.24) is 0 Å². The van der Waals surface area contributed by atoms with E-state index in [1.165, 1.54) is 0 Å². The highest BCUT2D eigenvalue weighted by Gasteiger charge is 2.31. The number of carbonyl (C=O) groups is 2. The average Bonchev–Trinajstić information content (AvgIpc) is 2.60. The van der Waals surface area contributed by atoms with Gasteiger partial charge in [0.2, 0.25) is 0 Å². The van der Waals surface area contributed by atoms with Crippen molar-refractivity contribution < 1.29 is 9.59 Å². The quantitative estimate of drug-likeness (QED) is 0.483. The number of hydrogen-bond acceptors (Lipinski definition) is 2. The third-order valence-electron chi connectivity index (χ3n) is 4.09. The molecule has 3 aromatic rings. The van der Waals surface area contributed by atoms with Crippen LogP contribution >= 0.6 is 15.9 Å². The third kappa shape index (κ3) is 2.16. The lowest BCUT2D eigenvalue weighted by atomic mass is 9.83. The zero-order valence-electron chi connectivity index (χ0n) is 12.0. The summed E-state index contributed by atoms with van der Waals surface area (Å²) in [5.41, 5.74) is 3.78. The van der Waals surface area contributed by atoms with Crippen molar-refractivity contribution in [3.05, 3.63) is 93.5 Å². The predicted molar refractivity (Wildman–Crippen MR) is 92.9 cm³/mol. The topological polar surface area (TPSA) is 34.1 Å². The van der Waals surface area contributed by atoms with Gasteiger partial charge in [-0.15, -0.1) is 0 Å². The van der Waals surface area contributed by atoms with Gasteiger partial charge in [0, 0.05) is 26.7 Å². The fourth-order valence-corrected chi connectivity index (χ4v) is 3.61. The van der Waals surface area contributed by atoms with Gasteiger partial charge in [-0.25, -0.2) is 0 Å². The Labute approximate surface area is 141 Å². The van der Waals surface area contributed by atoms with Crippen LogP contribution in [0.3, 0.4) is 0 Å². The van der Waals surface area contributed by atoms with Gasteiger partial charge in [-0.3, -0.25) is 9.59 Å². The van der Waals surface area contributed by atoms with E-state index in [9.17, 15) is 9.59 Å². The summed E-state index contributed by atoms with van der Waals surface area (Å²) in [7, 11) is 0. The van der Waals surface area contributed by atoms with E-state index in [-0.39, 0.29) is 11.6 Å². The molecule has 0 unspecified atom stereocenters. The number of fused-ring (bicyclic) bond motifs is 2. The van der Waals surface area contributed by atoms with Gasteiger partial charge in [0.05, 0.1) is 0 Å². The van der Waals surface area contributed by atoms with E-state index in [4.69, 9.17) is 0 Å². The Kier molecular flexibility index (Phi) is 3.24. The Hall–Kier alpha value is -2.52. The minimum absolute atomic E-state index is 0.103. The molecule has 0 spiro atoms. The van der Waals surface area contributed by atoms with Gasteiger partial charge < -0.3 is 0 Å². The van der Waals surface area contributed by atoms with E-state index in [1.54, 1.807) is 24.3 Å². The molecule has 0 radical (unpaired) electrons. The molecule has 3 aromatic carbocycles. The maximum absolute atomic E-state index is 12.8. The summed E-state index contributed by atoms with van der Waals surface area (Å²) in [6.07, 6.45) is 0. The van der Waals surface area contributed by atoms with Gasteiger partial charge in [-0.1, -0.05) is 54.6 Å². The number of benzene rings is 3. The van der Waals surface area contributed by atoms with E-state index < -0.39 is 0 Å². The normalized spacial score (nSPS) is 12.7. The molecule has 110 valence electrons. The van der Waals surface area contributed by atoms with Crippen LogP contribution in [0.1, 0.15) is 31.8 Å². The molecule has 0 fully saturated rings. The lowest BCUT2D eigenvalue weighted by Gasteiger charge is -2.19. The molecule has 1 aliphatic rings. The molecule has 0 heterocycles. The minimum atomic E-state index is -0.110. The van der Waals surface area contributed by atoms with Crippen LogP contribution in [0.25, 0.3) is 11.1 Å². The van der Waals surface area contributed by atoms with Gasteiger partial charge in [-0.05, 0) is 39.2 Å². The molecule has 0 saturated heterocycles. The Morgan fingerprint density at radius 3 is 1.91 bits per heavy atom.